The third kappa shape index (κ3) is 7.79. The summed E-state index contributed by atoms with van der Waals surface area (Å²) in [6, 6.07) is 1.98. The van der Waals surface area contributed by atoms with E-state index in [-0.39, 0.29) is 35.8 Å². The molecule has 28 heavy (non-hydrogen) atoms. The smallest absolute Gasteiger partial charge is 0.221 e. The number of amides is 1. The van der Waals surface area contributed by atoms with Crippen LogP contribution in [-0.2, 0) is 18.4 Å². The van der Waals surface area contributed by atoms with Gasteiger partial charge in [0.25, 0.3) is 0 Å². The number of piperidine rings is 1. The first kappa shape index (κ1) is 25.0. The first-order valence-electron chi connectivity index (χ1n) is 9.72. The molecule has 0 saturated carbocycles. The highest BCUT2D eigenvalue weighted by atomic mass is 127. The van der Waals surface area contributed by atoms with Crippen LogP contribution in [0.2, 0.25) is 5.02 Å². The van der Waals surface area contributed by atoms with Crippen LogP contribution in [0.1, 0.15) is 31.9 Å². The third-order valence-corrected chi connectivity index (χ3v) is 5.18. The molecule has 1 fully saturated rings. The molecule has 0 bridgehead atoms. The number of nitrogens with zero attached hydrogens (tertiary/aromatic N) is 4. The Hall–Kier alpha value is -1.000. The maximum absolute atomic E-state index is 11.4. The number of carbonyl (C=O) groups excluding carboxylic acids is 1. The van der Waals surface area contributed by atoms with Gasteiger partial charge in [-0.1, -0.05) is 11.6 Å². The molecular formula is C19H34ClIN6O. The highest BCUT2D eigenvalue weighted by Gasteiger charge is 2.23. The first-order valence-corrected chi connectivity index (χ1v) is 10.1. The second-order valence-corrected chi connectivity index (χ2v) is 7.68. The molecule has 0 radical (unpaired) electrons. The summed E-state index contributed by atoms with van der Waals surface area (Å²) >= 11 is 6.08. The summed E-state index contributed by atoms with van der Waals surface area (Å²) in [6.07, 6.45) is 4.83. The van der Waals surface area contributed by atoms with Gasteiger partial charge in [0.2, 0.25) is 5.91 Å². The van der Waals surface area contributed by atoms with Gasteiger partial charge in [0.15, 0.2) is 5.96 Å². The number of aryl methyl sites for hydroxylation is 1. The van der Waals surface area contributed by atoms with Crippen molar-refractivity contribution in [3.05, 3.63) is 23.0 Å². The van der Waals surface area contributed by atoms with E-state index in [0.717, 1.165) is 75.2 Å². The lowest BCUT2D eigenvalue weighted by Crippen LogP contribution is -2.41. The van der Waals surface area contributed by atoms with E-state index < -0.39 is 0 Å². The van der Waals surface area contributed by atoms with Crippen molar-refractivity contribution >= 4 is 47.4 Å². The van der Waals surface area contributed by atoms with Gasteiger partial charge in [0, 0.05) is 45.6 Å². The fourth-order valence-electron chi connectivity index (χ4n) is 3.48. The molecule has 0 spiro atoms. The Kier molecular flexibility index (Phi) is 11.2. The average Bonchev–Trinajstić information content (AvgIpc) is 2.94. The number of guanidine groups is 1. The summed E-state index contributed by atoms with van der Waals surface area (Å²) in [5.41, 5.74) is 6.59. The Morgan fingerprint density at radius 2 is 2.25 bits per heavy atom. The van der Waals surface area contributed by atoms with Gasteiger partial charge in [-0.25, -0.2) is 0 Å². The van der Waals surface area contributed by atoms with Gasteiger partial charge >= 0.3 is 0 Å². The predicted octanol–water partition coefficient (Wildman–Crippen LogP) is 2.28. The number of primary amides is 1. The predicted molar refractivity (Wildman–Crippen MR) is 126 cm³/mol. The second kappa shape index (κ2) is 12.5. The normalized spacial score (nSPS) is 17.9. The molecule has 1 aliphatic heterocycles. The summed E-state index contributed by atoms with van der Waals surface area (Å²) in [7, 11) is 4.03. The molecule has 2 heterocycles. The van der Waals surface area contributed by atoms with E-state index in [4.69, 9.17) is 22.3 Å². The zero-order chi connectivity index (χ0) is 19.8. The molecule has 160 valence electrons. The topological polar surface area (TPSA) is 78.9 Å². The SMILES string of the molecule is CCNC(=NCCCN1CCCC(C(N)=O)C1)N(C)Cc1cc(Cl)cn1C.I. The number of nitrogens with two attached hydrogens (primary N) is 1. The summed E-state index contributed by atoms with van der Waals surface area (Å²) in [5, 5.41) is 4.10. The van der Waals surface area contributed by atoms with E-state index in [2.05, 4.69) is 22.0 Å². The zero-order valence-corrected chi connectivity index (χ0v) is 20.2. The fourth-order valence-corrected chi connectivity index (χ4v) is 3.75. The Morgan fingerprint density at radius 3 is 2.86 bits per heavy atom. The number of halogens is 2. The molecule has 1 aromatic heterocycles. The second-order valence-electron chi connectivity index (χ2n) is 7.25. The summed E-state index contributed by atoms with van der Waals surface area (Å²) in [5.74, 6) is 0.723. The number of aliphatic imine (C=N–C) groups is 1. The number of aromatic nitrogens is 1. The number of nitrogens with one attached hydrogen (secondary N) is 1. The standard InChI is InChI=1S/C19H33ClN6O.HI/c1-4-22-19(25(3)14-17-11-16(20)13-24(17)2)23-8-6-10-26-9-5-7-15(12-26)18(21)27;/h11,13,15H,4-10,12,14H2,1-3H3,(H2,21,27)(H,22,23);1H. The zero-order valence-electron chi connectivity index (χ0n) is 17.2. The summed E-state index contributed by atoms with van der Waals surface area (Å²) < 4.78 is 2.04. The highest BCUT2D eigenvalue weighted by Crippen LogP contribution is 2.16. The molecule has 7 nitrogen and oxygen atoms in total. The quantitative estimate of drug-likeness (QED) is 0.237. The van der Waals surface area contributed by atoms with E-state index in [9.17, 15) is 4.79 Å². The molecular weight excluding hydrogens is 491 g/mol. The first-order chi connectivity index (χ1) is 12.9. The molecule has 3 N–H and O–H groups in total. The molecule has 1 unspecified atom stereocenters. The van der Waals surface area contributed by atoms with E-state index in [1.54, 1.807) is 0 Å². The van der Waals surface area contributed by atoms with Crippen molar-refractivity contribution in [2.75, 3.05) is 39.8 Å². The minimum atomic E-state index is -0.172. The van der Waals surface area contributed by atoms with Crippen LogP contribution in [0.15, 0.2) is 17.3 Å². The van der Waals surface area contributed by atoms with Crippen molar-refractivity contribution < 1.29 is 4.79 Å². The molecule has 2 rings (SSSR count). The van der Waals surface area contributed by atoms with Crippen molar-refractivity contribution in [1.29, 1.82) is 0 Å². The lowest BCUT2D eigenvalue weighted by Gasteiger charge is -2.30. The average molecular weight is 525 g/mol. The van der Waals surface area contributed by atoms with Crippen LogP contribution < -0.4 is 11.1 Å². The van der Waals surface area contributed by atoms with Crippen LogP contribution in [0.5, 0.6) is 0 Å². The lowest BCUT2D eigenvalue weighted by atomic mass is 9.97. The molecule has 1 amide bonds. The largest absolute Gasteiger partial charge is 0.369 e. The van der Waals surface area contributed by atoms with Gasteiger partial charge < -0.3 is 25.4 Å². The maximum Gasteiger partial charge on any atom is 0.221 e. The molecule has 1 aliphatic rings. The van der Waals surface area contributed by atoms with Crippen molar-refractivity contribution in [3.8, 4) is 0 Å². The minimum Gasteiger partial charge on any atom is -0.369 e. The maximum atomic E-state index is 11.4. The molecule has 1 saturated heterocycles. The highest BCUT2D eigenvalue weighted by molar-refractivity contribution is 14.0. The van der Waals surface area contributed by atoms with Gasteiger partial charge in [-0.15, -0.1) is 24.0 Å². The monoisotopic (exact) mass is 524 g/mol. The van der Waals surface area contributed by atoms with Gasteiger partial charge in [0.1, 0.15) is 0 Å². The lowest BCUT2D eigenvalue weighted by molar-refractivity contribution is -0.123. The van der Waals surface area contributed by atoms with Crippen molar-refractivity contribution in [2.24, 2.45) is 23.7 Å². The number of carbonyl (C=O) groups is 1. The van der Waals surface area contributed by atoms with Crippen LogP contribution in [0, 0.1) is 5.92 Å². The van der Waals surface area contributed by atoms with Crippen molar-refractivity contribution in [1.82, 2.24) is 19.7 Å². The molecule has 1 atom stereocenters. The Balaban J connectivity index is 0.00000392. The Bertz CT molecular complexity index is 650. The van der Waals surface area contributed by atoms with Gasteiger partial charge in [-0.2, -0.15) is 0 Å². The van der Waals surface area contributed by atoms with E-state index >= 15 is 0 Å². The minimum absolute atomic E-state index is 0. The van der Waals surface area contributed by atoms with E-state index in [1.165, 1.54) is 0 Å². The van der Waals surface area contributed by atoms with Gasteiger partial charge in [-0.3, -0.25) is 9.79 Å². The van der Waals surface area contributed by atoms with Crippen LogP contribution in [0.4, 0.5) is 0 Å². The number of hydrogen-bond acceptors (Lipinski definition) is 3. The Labute approximate surface area is 190 Å². The van der Waals surface area contributed by atoms with Gasteiger partial charge in [0.05, 0.1) is 17.5 Å². The van der Waals surface area contributed by atoms with Crippen LogP contribution >= 0.6 is 35.6 Å². The summed E-state index contributed by atoms with van der Waals surface area (Å²) in [4.78, 5) is 20.6. The number of hydrogen-bond donors (Lipinski definition) is 2. The number of likely N-dealkylation sites (tertiary alicyclic amines) is 1. The number of rotatable bonds is 8. The van der Waals surface area contributed by atoms with Crippen LogP contribution in [-0.4, -0.2) is 66.0 Å². The Morgan fingerprint density at radius 1 is 1.50 bits per heavy atom. The van der Waals surface area contributed by atoms with Crippen LogP contribution in [0.25, 0.3) is 0 Å². The van der Waals surface area contributed by atoms with E-state index in [0.29, 0.717) is 0 Å². The molecule has 0 aromatic carbocycles. The molecule has 0 aliphatic carbocycles. The van der Waals surface area contributed by atoms with Crippen molar-refractivity contribution in [3.63, 3.8) is 0 Å². The fraction of sp³-hybridized carbons (Fsp3) is 0.684. The van der Waals surface area contributed by atoms with Crippen LogP contribution in [0.3, 0.4) is 0 Å². The third-order valence-electron chi connectivity index (χ3n) is 4.97. The summed E-state index contributed by atoms with van der Waals surface area (Å²) in [6.45, 7) is 7.16. The van der Waals surface area contributed by atoms with E-state index in [1.807, 2.05) is 30.9 Å². The molecule has 9 heteroatoms. The van der Waals surface area contributed by atoms with Gasteiger partial charge in [-0.05, 0) is 45.3 Å². The van der Waals surface area contributed by atoms with Crippen molar-refractivity contribution in [2.45, 2.75) is 32.7 Å². The molecule has 1 aromatic rings.